The summed E-state index contributed by atoms with van der Waals surface area (Å²) >= 11 is 0. The molecule has 0 aromatic rings. The molecule has 0 aliphatic carbocycles. The van der Waals surface area contributed by atoms with E-state index in [4.69, 9.17) is 0 Å². The molecule has 1 rings (SSSR count). The molecule has 0 spiro atoms. The maximum absolute atomic E-state index is 11.4. The van der Waals surface area contributed by atoms with Gasteiger partial charge < -0.3 is 10.6 Å². The van der Waals surface area contributed by atoms with Crippen molar-refractivity contribution in [1.82, 2.24) is 15.5 Å². The van der Waals surface area contributed by atoms with E-state index in [1.807, 2.05) is 14.0 Å². The second-order valence-corrected chi connectivity index (χ2v) is 4.71. The molecule has 0 aromatic heterocycles. The van der Waals surface area contributed by atoms with Crippen molar-refractivity contribution in [2.75, 3.05) is 27.2 Å². The molecule has 0 saturated carbocycles. The molecule has 1 saturated heterocycles. The molecule has 1 heterocycles. The largest absolute Gasteiger partial charge is 0.358 e. The number of hydrogen-bond donors (Lipinski definition) is 2. The molecule has 1 fully saturated rings. The lowest BCUT2D eigenvalue weighted by Gasteiger charge is -2.28. The van der Waals surface area contributed by atoms with E-state index < -0.39 is 0 Å². The Balaban J connectivity index is 2.22. The van der Waals surface area contributed by atoms with Gasteiger partial charge in [-0.25, -0.2) is 0 Å². The smallest absolute Gasteiger partial charge is 0.236 e. The highest BCUT2D eigenvalue weighted by Crippen LogP contribution is 2.11. The summed E-state index contributed by atoms with van der Waals surface area (Å²) in [5.74, 6) is 0.0964. The second-order valence-electron chi connectivity index (χ2n) is 4.71. The molecule has 2 unspecified atom stereocenters. The van der Waals surface area contributed by atoms with Crippen LogP contribution >= 0.6 is 0 Å². The summed E-state index contributed by atoms with van der Waals surface area (Å²) in [4.78, 5) is 13.6. The predicted molar refractivity (Wildman–Crippen MR) is 66.4 cm³/mol. The molecule has 16 heavy (non-hydrogen) atoms. The molecular weight excluding hydrogens is 202 g/mol. The second kappa shape index (κ2) is 6.86. The molecule has 2 N–H and O–H groups in total. The van der Waals surface area contributed by atoms with Gasteiger partial charge in [0, 0.05) is 19.6 Å². The fourth-order valence-corrected chi connectivity index (χ4v) is 2.13. The van der Waals surface area contributed by atoms with Gasteiger partial charge in [0.1, 0.15) is 0 Å². The van der Waals surface area contributed by atoms with Crippen LogP contribution in [0.5, 0.6) is 0 Å². The third-order valence-corrected chi connectivity index (χ3v) is 3.53. The van der Waals surface area contributed by atoms with Crippen LogP contribution in [0.25, 0.3) is 0 Å². The quantitative estimate of drug-likeness (QED) is 0.722. The highest BCUT2D eigenvalue weighted by molar-refractivity contribution is 5.80. The molecule has 94 valence electrons. The number of likely N-dealkylation sites (N-methyl/N-ethyl adjacent to an activating group) is 2. The first-order valence-corrected chi connectivity index (χ1v) is 6.30. The van der Waals surface area contributed by atoms with Crippen LogP contribution in [0, 0.1) is 0 Å². The fourth-order valence-electron chi connectivity index (χ4n) is 2.13. The first-order chi connectivity index (χ1) is 7.65. The fraction of sp³-hybridized carbons (Fsp3) is 0.917. The Morgan fingerprint density at radius 3 is 2.88 bits per heavy atom. The topological polar surface area (TPSA) is 44.4 Å². The van der Waals surface area contributed by atoms with Gasteiger partial charge in [0.05, 0.1) is 6.04 Å². The van der Waals surface area contributed by atoms with Gasteiger partial charge in [-0.05, 0) is 39.8 Å². The Morgan fingerprint density at radius 1 is 1.56 bits per heavy atom. The highest BCUT2D eigenvalue weighted by atomic mass is 16.2. The van der Waals surface area contributed by atoms with Crippen LogP contribution in [0.15, 0.2) is 0 Å². The van der Waals surface area contributed by atoms with Crippen molar-refractivity contribution in [3.05, 3.63) is 0 Å². The summed E-state index contributed by atoms with van der Waals surface area (Å²) in [7, 11) is 3.71. The molecule has 0 radical (unpaired) electrons. The summed E-state index contributed by atoms with van der Waals surface area (Å²) < 4.78 is 0. The van der Waals surface area contributed by atoms with E-state index in [9.17, 15) is 4.79 Å². The van der Waals surface area contributed by atoms with E-state index in [-0.39, 0.29) is 11.9 Å². The van der Waals surface area contributed by atoms with Crippen LogP contribution in [0.1, 0.15) is 32.6 Å². The standard InChI is InChI=1S/C12H25N3O/c1-10(12(16)13-2)15(3)9-7-11-6-4-5-8-14-11/h10-11,14H,4-9H2,1-3H3,(H,13,16). The first kappa shape index (κ1) is 13.5. The van der Waals surface area contributed by atoms with E-state index in [0.717, 1.165) is 19.5 Å². The molecule has 1 aliphatic heterocycles. The Morgan fingerprint density at radius 2 is 2.31 bits per heavy atom. The summed E-state index contributed by atoms with van der Waals surface area (Å²) in [6.45, 7) is 4.08. The van der Waals surface area contributed by atoms with E-state index in [0.29, 0.717) is 6.04 Å². The number of carbonyl (C=O) groups is 1. The van der Waals surface area contributed by atoms with Crippen LogP contribution in [-0.2, 0) is 4.79 Å². The van der Waals surface area contributed by atoms with Crippen molar-refractivity contribution >= 4 is 5.91 Å². The average Bonchev–Trinajstić information content (AvgIpc) is 2.35. The van der Waals surface area contributed by atoms with Gasteiger partial charge in [0.15, 0.2) is 0 Å². The van der Waals surface area contributed by atoms with Crippen molar-refractivity contribution in [3.8, 4) is 0 Å². The number of carbonyl (C=O) groups excluding carboxylic acids is 1. The van der Waals surface area contributed by atoms with Crippen molar-refractivity contribution in [2.24, 2.45) is 0 Å². The molecule has 1 aliphatic rings. The van der Waals surface area contributed by atoms with Gasteiger partial charge in [0.25, 0.3) is 0 Å². The number of hydrogen-bond acceptors (Lipinski definition) is 3. The van der Waals surface area contributed by atoms with Crippen LogP contribution < -0.4 is 10.6 Å². The molecular formula is C12H25N3O. The first-order valence-electron chi connectivity index (χ1n) is 6.30. The summed E-state index contributed by atoms with van der Waals surface area (Å²) in [6.07, 6.45) is 5.06. The zero-order chi connectivity index (χ0) is 12.0. The van der Waals surface area contributed by atoms with Gasteiger partial charge in [0.2, 0.25) is 5.91 Å². The van der Waals surface area contributed by atoms with Crippen LogP contribution in [0.3, 0.4) is 0 Å². The Hall–Kier alpha value is -0.610. The summed E-state index contributed by atoms with van der Waals surface area (Å²) in [6, 6.07) is 0.613. The lowest BCUT2D eigenvalue weighted by Crippen LogP contribution is -2.44. The van der Waals surface area contributed by atoms with Gasteiger partial charge >= 0.3 is 0 Å². The summed E-state index contributed by atoms with van der Waals surface area (Å²) in [5, 5.41) is 6.22. The minimum Gasteiger partial charge on any atom is -0.358 e. The Kier molecular flexibility index (Phi) is 5.77. The number of nitrogens with one attached hydrogen (secondary N) is 2. The molecule has 4 nitrogen and oxygen atoms in total. The maximum atomic E-state index is 11.4. The van der Waals surface area contributed by atoms with Crippen molar-refractivity contribution < 1.29 is 4.79 Å². The Labute approximate surface area is 98.8 Å². The minimum absolute atomic E-state index is 0.0337. The van der Waals surface area contributed by atoms with Crippen LogP contribution in [-0.4, -0.2) is 50.1 Å². The maximum Gasteiger partial charge on any atom is 0.236 e. The molecule has 0 aromatic carbocycles. The van der Waals surface area contributed by atoms with Crippen LogP contribution in [0.2, 0.25) is 0 Å². The Bertz CT molecular complexity index is 214. The average molecular weight is 227 g/mol. The molecule has 4 heteroatoms. The van der Waals surface area contributed by atoms with Crippen molar-refractivity contribution in [3.63, 3.8) is 0 Å². The lowest BCUT2D eigenvalue weighted by atomic mass is 10.0. The minimum atomic E-state index is -0.0337. The zero-order valence-electron chi connectivity index (χ0n) is 10.8. The van der Waals surface area contributed by atoms with Crippen molar-refractivity contribution in [1.29, 1.82) is 0 Å². The number of amides is 1. The van der Waals surface area contributed by atoms with Gasteiger partial charge in [-0.2, -0.15) is 0 Å². The lowest BCUT2D eigenvalue weighted by molar-refractivity contribution is -0.124. The monoisotopic (exact) mass is 227 g/mol. The van der Waals surface area contributed by atoms with E-state index in [2.05, 4.69) is 15.5 Å². The van der Waals surface area contributed by atoms with E-state index >= 15 is 0 Å². The predicted octanol–water partition coefficient (Wildman–Crippen LogP) is 0.585. The summed E-state index contributed by atoms with van der Waals surface area (Å²) in [5.41, 5.74) is 0. The molecule has 2 atom stereocenters. The molecule has 1 amide bonds. The number of rotatable bonds is 5. The third-order valence-electron chi connectivity index (χ3n) is 3.53. The van der Waals surface area contributed by atoms with Gasteiger partial charge in [-0.3, -0.25) is 9.69 Å². The van der Waals surface area contributed by atoms with Gasteiger partial charge in [-0.15, -0.1) is 0 Å². The zero-order valence-corrected chi connectivity index (χ0v) is 10.8. The van der Waals surface area contributed by atoms with E-state index in [1.54, 1.807) is 7.05 Å². The normalized spacial score (nSPS) is 23.1. The number of nitrogens with zero attached hydrogens (tertiary/aromatic N) is 1. The number of piperidine rings is 1. The molecule has 0 bridgehead atoms. The third kappa shape index (κ3) is 4.10. The van der Waals surface area contributed by atoms with Crippen LogP contribution in [0.4, 0.5) is 0 Å². The SMILES string of the molecule is CNC(=O)C(C)N(C)CCC1CCCCN1. The van der Waals surface area contributed by atoms with Gasteiger partial charge in [-0.1, -0.05) is 6.42 Å². The highest BCUT2D eigenvalue weighted by Gasteiger charge is 2.18. The van der Waals surface area contributed by atoms with Crippen molar-refractivity contribution in [2.45, 2.75) is 44.7 Å². The van der Waals surface area contributed by atoms with E-state index in [1.165, 1.54) is 19.3 Å².